The number of amides is 1. The summed E-state index contributed by atoms with van der Waals surface area (Å²) in [7, 11) is 0. The molecule has 98 valence electrons. The smallest absolute Gasteiger partial charge is 0.256 e. The topological polar surface area (TPSA) is 46.3 Å². The van der Waals surface area contributed by atoms with E-state index in [-0.39, 0.29) is 16.2 Å². The van der Waals surface area contributed by atoms with Gasteiger partial charge in [-0.2, -0.15) is 11.8 Å². The van der Waals surface area contributed by atoms with E-state index >= 15 is 0 Å². The zero-order valence-corrected chi connectivity index (χ0v) is 11.4. The molecule has 1 aromatic rings. The van der Waals surface area contributed by atoms with Crippen LogP contribution in [-0.2, 0) is 0 Å². The number of nitrogen functional groups attached to an aromatic ring is 1. The van der Waals surface area contributed by atoms with E-state index in [4.69, 9.17) is 5.73 Å². The summed E-state index contributed by atoms with van der Waals surface area (Å²) >= 11 is 1.83. The molecule has 1 fully saturated rings. The predicted octanol–water partition coefficient (Wildman–Crippen LogP) is 2.38. The van der Waals surface area contributed by atoms with Crippen LogP contribution in [0.1, 0.15) is 24.2 Å². The highest BCUT2D eigenvalue weighted by Gasteiger charge is 2.31. The molecule has 2 N–H and O–H groups in total. The molecule has 0 bridgehead atoms. The highest BCUT2D eigenvalue weighted by molar-refractivity contribution is 8.00. The standard InChI is InChI=1S/C13H17FN2OS/c1-13(2)8-16(5-6-18-13)12(17)10-7-9(15)3-4-11(10)14/h3-4,7H,5-6,8,15H2,1-2H3. The Kier molecular flexibility index (Phi) is 3.52. The second-order valence-corrected chi connectivity index (χ2v) is 6.88. The minimum Gasteiger partial charge on any atom is -0.399 e. The largest absolute Gasteiger partial charge is 0.399 e. The first kappa shape index (κ1) is 13.2. The maximum atomic E-state index is 13.7. The van der Waals surface area contributed by atoms with E-state index in [0.29, 0.717) is 18.8 Å². The molecule has 1 saturated heterocycles. The molecule has 1 amide bonds. The van der Waals surface area contributed by atoms with E-state index in [9.17, 15) is 9.18 Å². The first-order valence-electron chi connectivity index (χ1n) is 5.87. The molecule has 0 radical (unpaired) electrons. The number of halogens is 1. The molecule has 1 aliphatic rings. The van der Waals surface area contributed by atoms with E-state index < -0.39 is 5.82 Å². The summed E-state index contributed by atoms with van der Waals surface area (Å²) in [6.45, 7) is 5.46. The molecule has 0 aliphatic carbocycles. The number of nitrogens with two attached hydrogens (primary N) is 1. The number of carbonyl (C=O) groups is 1. The van der Waals surface area contributed by atoms with Gasteiger partial charge in [0, 0.05) is 29.3 Å². The van der Waals surface area contributed by atoms with Crippen molar-refractivity contribution in [3.63, 3.8) is 0 Å². The lowest BCUT2D eigenvalue weighted by molar-refractivity contribution is 0.0743. The molecule has 1 heterocycles. The highest BCUT2D eigenvalue weighted by Crippen LogP contribution is 2.30. The van der Waals surface area contributed by atoms with Crippen molar-refractivity contribution >= 4 is 23.4 Å². The number of thioether (sulfide) groups is 1. The van der Waals surface area contributed by atoms with Crippen LogP contribution in [0.4, 0.5) is 10.1 Å². The third-order valence-electron chi connectivity index (χ3n) is 2.93. The third kappa shape index (κ3) is 2.77. The van der Waals surface area contributed by atoms with Crippen LogP contribution in [0, 0.1) is 5.82 Å². The second kappa shape index (κ2) is 4.80. The van der Waals surface area contributed by atoms with E-state index in [0.717, 1.165) is 5.75 Å². The first-order chi connectivity index (χ1) is 8.39. The number of nitrogens with zero attached hydrogens (tertiary/aromatic N) is 1. The van der Waals surface area contributed by atoms with Crippen LogP contribution < -0.4 is 5.73 Å². The molecule has 3 nitrogen and oxygen atoms in total. The Labute approximate surface area is 111 Å². The van der Waals surface area contributed by atoms with Crippen molar-refractivity contribution in [1.82, 2.24) is 4.90 Å². The molecule has 1 aromatic carbocycles. The van der Waals surface area contributed by atoms with Gasteiger partial charge in [0.25, 0.3) is 5.91 Å². The molecule has 2 rings (SSSR count). The first-order valence-corrected chi connectivity index (χ1v) is 6.86. The van der Waals surface area contributed by atoms with Gasteiger partial charge in [-0.15, -0.1) is 0 Å². The van der Waals surface area contributed by atoms with Crippen molar-refractivity contribution in [2.45, 2.75) is 18.6 Å². The molecule has 0 spiro atoms. The number of benzene rings is 1. The fraction of sp³-hybridized carbons (Fsp3) is 0.462. The Balaban J connectivity index is 2.23. The minimum atomic E-state index is -0.509. The molecule has 0 unspecified atom stereocenters. The van der Waals surface area contributed by atoms with Gasteiger partial charge in [0.05, 0.1) is 5.56 Å². The van der Waals surface area contributed by atoms with Crippen molar-refractivity contribution in [3.05, 3.63) is 29.6 Å². The fourth-order valence-electron chi connectivity index (χ4n) is 2.07. The van der Waals surface area contributed by atoms with Crippen LogP contribution in [0.2, 0.25) is 0 Å². The molecular weight excluding hydrogens is 251 g/mol. The number of hydrogen-bond donors (Lipinski definition) is 1. The number of carbonyl (C=O) groups excluding carboxylic acids is 1. The Hall–Kier alpha value is -1.23. The molecule has 5 heteroatoms. The number of anilines is 1. The van der Waals surface area contributed by atoms with Crippen LogP contribution in [0.5, 0.6) is 0 Å². The van der Waals surface area contributed by atoms with Gasteiger partial charge >= 0.3 is 0 Å². The predicted molar refractivity (Wildman–Crippen MR) is 73.3 cm³/mol. The van der Waals surface area contributed by atoms with Crippen LogP contribution in [0.25, 0.3) is 0 Å². The molecule has 18 heavy (non-hydrogen) atoms. The SMILES string of the molecule is CC1(C)CN(C(=O)c2cc(N)ccc2F)CCS1. The molecule has 0 saturated carbocycles. The molecule has 1 aliphatic heterocycles. The molecular formula is C13H17FN2OS. The second-order valence-electron chi connectivity index (χ2n) is 5.07. The van der Waals surface area contributed by atoms with Gasteiger partial charge in [-0.1, -0.05) is 0 Å². The van der Waals surface area contributed by atoms with Gasteiger partial charge in [-0.25, -0.2) is 4.39 Å². The normalized spacial score (nSPS) is 18.7. The van der Waals surface area contributed by atoms with Gasteiger partial charge in [0.2, 0.25) is 0 Å². The van der Waals surface area contributed by atoms with E-state index in [1.165, 1.54) is 18.2 Å². The summed E-state index contributed by atoms with van der Waals surface area (Å²) < 4.78 is 13.7. The summed E-state index contributed by atoms with van der Waals surface area (Å²) in [6.07, 6.45) is 0. The number of rotatable bonds is 1. The average molecular weight is 268 g/mol. The highest BCUT2D eigenvalue weighted by atomic mass is 32.2. The van der Waals surface area contributed by atoms with Crippen molar-refractivity contribution in [2.24, 2.45) is 0 Å². The van der Waals surface area contributed by atoms with Crippen molar-refractivity contribution in [2.75, 3.05) is 24.6 Å². The van der Waals surface area contributed by atoms with Crippen LogP contribution >= 0.6 is 11.8 Å². The van der Waals surface area contributed by atoms with Crippen molar-refractivity contribution in [1.29, 1.82) is 0 Å². The summed E-state index contributed by atoms with van der Waals surface area (Å²) in [5, 5.41) is 0. The Morgan fingerprint density at radius 1 is 1.50 bits per heavy atom. The summed E-state index contributed by atoms with van der Waals surface area (Å²) in [6, 6.07) is 4.11. The Bertz CT molecular complexity index is 476. The van der Waals surface area contributed by atoms with Gasteiger partial charge in [-0.3, -0.25) is 4.79 Å². The zero-order valence-electron chi connectivity index (χ0n) is 10.6. The fourth-order valence-corrected chi connectivity index (χ4v) is 3.18. The lowest BCUT2D eigenvalue weighted by Gasteiger charge is -2.37. The Morgan fingerprint density at radius 2 is 2.22 bits per heavy atom. The van der Waals surface area contributed by atoms with Crippen LogP contribution in [0.3, 0.4) is 0 Å². The summed E-state index contributed by atoms with van der Waals surface area (Å²) in [4.78, 5) is 14.0. The number of hydrogen-bond acceptors (Lipinski definition) is 3. The lowest BCUT2D eigenvalue weighted by atomic mass is 10.1. The minimum absolute atomic E-state index is 0.0186. The van der Waals surface area contributed by atoms with E-state index in [2.05, 4.69) is 13.8 Å². The van der Waals surface area contributed by atoms with E-state index in [1.54, 1.807) is 4.90 Å². The van der Waals surface area contributed by atoms with Crippen molar-refractivity contribution < 1.29 is 9.18 Å². The van der Waals surface area contributed by atoms with E-state index in [1.807, 2.05) is 11.8 Å². The quantitative estimate of drug-likeness (QED) is 0.795. The maximum Gasteiger partial charge on any atom is 0.256 e. The lowest BCUT2D eigenvalue weighted by Crippen LogP contribution is -2.46. The maximum absolute atomic E-state index is 13.7. The van der Waals surface area contributed by atoms with Gasteiger partial charge < -0.3 is 10.6 Å². The monoisotopic (exact) mass is 268 g/mol. The zero-order chi connectivity index (χ0) is 13.3. The van der Waals surface area contributed by atoms with Crippen LogP contribution in [0.15, 0.2) is 18.2 Å². The third-order valence-corrected chi connectivity index (χ3v) is 4.23. The van der Waals surface area contributed by atoms with Gasteiger partial charge in [0.15, 0.2) is 0 Å². The summed E-state index contributed by atoms with van der Waals surface area (Å²) in [5.41, 5.74) is 6.08. The van der Waals surface area contributed by atoms with Crippen LogP contribution in [-0.4, -0.2) is 34.4 Å². The van der Waals surface area contributed by atoms with Gasteiger partial charge in [0.1, 0.15) is 5.82 Å². The molecule has 0 aromatic heterocycles. The van der Waals surface area contributed by atoms with Gasteiger partial charge in [-0.05, 0) is 32.0 Å². The average Bonchev–Trinajstić information content (AvgIpc) is 2.30. The summed E-state index contributed by atoms with van der Waals surface area (Å²) in [5.74, 6) is 0.0984. The Morgan fingerprint density at radius 3 is 2.89 bits per heavy atom. The molecule has 0 atom stereocenters. The van der Waals surface area contributed by atoms with Crippen molar-refractivity contribution in [3.8, 4) is 0 Å².